The Bertz CT molecular complexity index is 1150. The summed E-state index contributed by atoms with van der Waals surface area (Å²) in [5.41, 5.74) is 2.82. The van der Waals surface area contributed by atoms with E-state index in [1.165, 1.54) is 0 Å². The molecule has 2 aliphatic heterocycles. The fourth-order valence-corrected chi connectivity index (χ4v) is 5.30. The number of carbonyl (C=O) groups excluding carboxylic acids is 1. The first-order chi connectivity index (χ1) is 15.7. The third kappa shape index (κ3) is 3.63. The molecular formula is C25H26N4O3. The van der Waals surface area contributed by atoms with Crippen LogP contribution in [0.1, 0.15) is 22.9 Å². The van der Waals surface area contributed by atoms with Crippen LogP contribution in [0.2, 0.25) is 0 Å². The van der Waals surface area contributed by atoms with Crippen LogP contribution in [0, 0.1) is 11.8 Å². The van der Waals surface area contributed by atoms with Gasteiger partial charge < -0.3 is 15.0 Å². The Labute approximate surface area is 186 Å². The average Bonchev–Trinajstić information content (AvgIpc) is 3.03. The van der Waals surface area contributed by atoms with Crippen molar-refractivity contribution in [3.8, 4) is 0 Å². The van der Waals surface area contributed by atoms with E-state index in [0.29, 0.717) is 19.6 Å². The van der Waals surface area contributed by atoms with Gasteiger partial charge in [0.15, 0.2) is 0 Å². The SMILES string of the molecule is O=C(NCc1ccccc1)[C@H]1[C@H](CO)[C@H]2Cn3c(cccc3=O)[C@@H]1N2Cc1cccnc1. The number of aromatic nitrogens is 2. The first-order valence-corrected chi connectivity index (χ1v) is 10.9. The predicted octanol–water partition coefficient (Wildman–Crippen LogP) is 1.72. The zero-order chi connectivity index (χ0) is 22.1. The lowest BCUT2D eigenvalue weighted by Gasteiger charge is -2.38. The van der Waals surface area contributed by atoms with Crippen molar-refractivity contribution in [1.82, 2.24) is 19.8 Å². The van der Waals surface area contributed by atoms with Crippen LogP contribution in [0.25, 0.3) is 0 Å². The van der Waals surface area contributed by atoms with Crippen molar-refractivity contribution < 1.29 is 9.90 Å². The highest BCUT2D eigenvalue weighted by Gasteiger charge is 2.55. The second-order valence-corrected chi connectivity index (χ2v) is 8.52. The van der Waals surface area contributed by atoms with Crippen LogP contribution in [-0.4, -0.2) is 38.1 Å². The quantitative estimate of drug-likeness (QED) is 0.622. The van der Waals surface area contributed by atoms with Crippen molar-refractivity contribution in [3.05, 3.63) is 100 Å². The van der Waals surface area contributed by atoms with E-state index in [0.717, 1.165) is 16.8 Å². The maximum absolute atomic E-state index is 13.5. The monoisotopic (exact) mass is 430 g/mol. The normalized spacial score (nSPS) is 24.2. The van der Waals surface area contributed by atoms with Gasteiger partial charge in [-0.1, -0.05) is 42.5 Å². The van der Waals surface area contributed by atoms with Gasteiger partial charge in [-0.2, -0.15) is 0 Å². The maximum atomic E-state index is 13.5. The Hall–Kier alpha value is -3.29. The highest BCUT2D eigenvalue weighted by atomic mass is 16.3. The lowest BCUT2D eigenvalue weighted by Crippen LogP contribution is -2.45. The summed E-state index contributed by atoms with van der Waals surface area (Å²) in [6.45, 7) is 1.37. The van der Waals surface area contributed by atoms with Gasteiger partial charge in [0.25, 0.3) is 5.56 Å². The van der Waals surface area contributed by atoms with E-state index in [2.05, 4.69) is 15.2 Å². The number of amides is 1. The van der Waals surface area contributed by atoms with Crippen LogP contribution in [-0.2, 0) is 24.4 Å². The Morgan fingerprint density at radius 2 is 1.88 bits per heavy atom. The molecule has 4 atom stereocenters. The van der Waals surface area contributed by atoms with Crippen molar-refractivity contribution in [1.29, 1.82) is 0 Å². The highest BCUT2D eigenvalue weighted by molar-refractivity contribution is 5.80. The Kier molecular flexibility index (Phi) is 5.59. The average molecular weight is 431 g/mol. The molecule has 164 valence electrons. The highest BCUT2D eigenvalue weighted by Crippen LogP contribution is 2.48. The second kappa shape index (κ2) is 8.68. The standard InChI is InChI=1S/C25H26N4O3/c30-16-19-21-15-28-20(9-4-10-22(28)31)24(29(21)14-18-8-5-11-26-12-18)23(19)25(32)27-13-17-6-2-1-3-7-17/h1-12,19,21,23-24,30H,13-16H2,(H,27,32)/t19-,21-,23+,24+/m1/s1. The molecule has 0 aliphatic carbocycles. The van der Waals surface area contributed by atoms with Gasteiger partial charge in [0.2, 0.25) is 5.91 Å². The summed E-state index contributed by atoms with van der Waals surface area (Å²) in [5.74, 6) is -0.825. The molecule has 7 heteroatoms. The first kappa shape index (κ1) is 20.6. The summed E-state index contributed by atoms with van der Waals surface area (Å²) < 4.78 is 1.77. The third-order valence-electron chi connectivity index (χ3n) is 6.75. The van der Waals surface area contributed by atoms with Crippen LogP contribution < -0.4 is 10.9 Å². The van der Waals surface area contributed by atoms with Gasteiger partial charge in [0.1, 0.15) is 0 Å². The van der Waals surface area contributed by atoms with Crippen molar-refractivity contribution in [2.45, 2.75) is 31.7 Å². The molecule has 0 saturated carbocycles. The smallest absolute Gasteiger partial charge is 0.250 e. The lowest BCUT2D eigenvalue weighted by atomic mass is 9.86. The molecule has 7 nitrogen and oxygen atoms in total. The Balaban J connectivity index is 1.50. The first-order valence-electron chi connectivity index (χ1n) is 10.9. The number of nitrogens with zero attached hydrogens (tertiary/aromatic N) is 3. The van der Waals surface area contributed by atoms with E-state index in [-0.39, 0.29) is 36.1 Å². The van der Waals surface area contributed by atoms with E-state index in [1.54, 1.807) is 22.9 Å². The summed E-state index contributed by atoms with van der Waals surface area (Å²) in [7, 11) is 0. The number of aliphatic hydroxyl groups is 1. The molecule has 1 aromatic carbocycles. The number of benzene rings is 1. The van der Waals surface area contributed by atoms with Gasteiger partial charge in [-0.25, -0.2) is 0 Å². The zero-order valence-corrected chi connectivity index (χ0v) is 17.7. The summed E-state index contributed by atoms with van der Waals surface area (Å²) in [6.07, 6.45) is 3.56. The van der Waals surface area contributed by atoms with Crippen LogP contribution in [0.3, 0.4) is 0 Å². The number of rotatable bonds is 6. The molecule has 1 amide bonds. The van der Waals surface area contributed by atoms with Gasteiger partial charge in [0.05, 0.1) is 12.0 Å². The molecule has 32 heavy (non-hydrogen) atoms. The molecule has 0 unspecified atom stereocenters. The fraction of sp³-hybridized carbons (Fsp3) is 0.320. The molecule has 2 N–H and O–H groups in total. The van der Waals surface area contributed by atoms with E-state index in [1.807, 2.05) is 54.7 Å². The molecular weight excluding hydrogens is 404 g/mol. The number of carbonyl (C=O) groups is 1. The number of aliphatic hydroxyl groups excluding tert-OH is 1. The van der Waals surface area contributed by atoms with Crippen molar-refractivity contribution in [2.24, 2.45) is 11.8 Å². The molecule has 4 heterocycles. The summed E-state index contributed by atoms with van der Waals surface area (Å²) in [5, 5.41) is 13.4. The number of hydrogen-bond donors (Lipinski definition) is 2. The zero-order valence-electron chi connectivity index (χ0n) is 17.7. The second-order valence-electron chi connectivity index (χ2n) is 8.52. The topological polar surface area (TPSA) is 87.5 Å². The number of hydrogen-bond acceptors (Lipinski definition) is 5. The molecule has 2 aromatic heterocycles. The number of nitrogens with one attached hydrogen (secondary N) is 1. The minimum atomic E-state index is -0.457. The fourth-order valence-electron chi connectivity index (χ4n) is 5.30. The minimum absolute atomic E-state index is 0.0689. The van der Waals surface area contributed by atoms with Crippen molar-refractivity contribution >= 4 is 5.91 Å². The summed E-state index contributed by atoms with van der Waals surface area (Å²) in [4.78, 5) is 32.6. The van der Waals surface area contributed by atoms with Crippen molar-refractivity contribution in [2.75, 3.05) is 6.61 Å². The Morgan fingerprint density at radius 1 is 1.06 bits per heavy atom. The lowest BCUT2D eigenvalue weighted by molar-refractivity contribution is -0.127. The van der Waals surface area contributed by atoms with E-state index in [9.17, 15) is 14.7 Å². The largest absolute Gasteiger partial charge is 0.396 e. The van der Waals surface area contributed by atoms with Crippen molar-refractivity contribution in [3.63, 3.8) is 0 Å². The maximum Gasteiger partial charge on any atom is 0.250 e. The third-order valence-corrected chi connectivity index (χ3v) is 6.75. The molecule has 2 aliphatic rings. The molecule has 0 radical (unpaired) electrons. The molecule has 5 rings (SSSR count). The van der Waals surface area contributed by atoms with Crippen LogP contribution in [0.4, 0.5) is 0 Å². The van der Waals surface area contributed by atoms with E-state index < -0.39 is 5.92 Å². The van der Waals surface area contributed by atoms with Crippen LogP contribution in [0.15, 0.2) is 77.9 Å². The van der Waals surface area contributed by atoms with Crippen LogP contribution in [0.5, 0.6) is 0 Å². The summed E-state index contributed by atoms with van der Waals surface area (Å²) >= 11 is 0. The number of fused-ring (bicyclic) bond motifs is 4. The molecule has 0 spiro atoms. The minimum Gasteiger partial charge on any atom is -0.396 e. The van der Waals surface area contributed by atoms with E-state index >= 15 is 0 Å². The summed E-state index contributed by atoms with van der Waals surface area (Å²) in [6, 6.07) is 18.5. The van der Waals surface area contributed by atoms with Gasteiger partial charge in [-0.05, 0) is 23.3 Å². The predicted molar refractivity (Wildman–Crippen MR) is 119 cm³/mol. The van der Waals surface area contributed by atoms with E-state index in [4.69, 9.17) is 0 Å². The van der Waals surface area contributed by atoms with Gasteiger partial charge in [-0.3, -0.25) is 19.5 Å². The Morgan fingerprint density at radius 3 is 2.62 bits per heavy atom. The van der Waals surface area contributed by atoms with Crippen LogP contribution >= 0.6 is 0 Å². The van der Waals surface area contributed by atoms with Gasteiger partial charge in [-0.15, -0.1) is 0 Å². The van der Waals surface area contributed by atoms with Gasteiger partial charge in [0, 0.05) is 62.4 Å². The number of pyridine rings is 2. The molecule has 1 fully saturated rings. The molecule has 1 saturated heterocycles. The van der Waals surface area contributed by atoms with Gasteiger partial charge >= 0.3 is 0 Å². The molecule has 2 bridgehead atoms. The molecule has 3 aromatic rings.